The van der Waals surface area contributed by atoms with E-state index in [0.717, 1.165) is 0 Å². The fraction of sp³-hybridized carbons (Fsp3) is 0.667. The summed E-state index contributed by atoms with van der Waals surface area (Å²) in [5, 5.41) is 5.60. The molecule has 1 amide bonds. The summed E-state index contributed by atoms with van der Waals surface area (Å²) in [4.78, 5) is 11.1. The molecule has 0 aliphatic heterocycles. The quantitative estimate of drug-likeness (QED) is 0.257. The van der Waals surface area contributed by atoms with E-state index in [0.29, 0.717) is 6.54 Å². The molecule has 70 valence electrons. The van der Waals surface area contributed by atoms with E-state index in [1.54, 1.807) is 6.92 Å². The van der Waals surface area contributed by atoms with Crippen LogP contribution in [-0.2, 0) is 4.79 Å². The fourth-order valence-electron chi connectivity index (χ4n) is 0.631. The maximum Gasteiger partial charge on any atom is 0.242 e. The number of hydrogen-bond donors (Lipinski definition) is 4. The Balaban J connectivity index is 3.78. The molecule has 5 nitrogen and oxygen atoms in total. The maximum atomic E-state index is 11.1. The molecule has 0 heterocycles. The first-order valence-corrected chi connectivity index (χ1v) is 4.07. The third kappa shape index (κ3) is 4.09. The summed E-state index contributed by atoms with van der Waals surface area (Å²) in [5.41, 5.74) is 2.23. The van der Waals surface area contributed by atoms with E-state index in [-0.39, 0.29) is 17.1 Å². The molecule has 12 heavy (non-hydrogen) atoms. The van der Waals surface area contributed by atoms with E-state index in [9.17, 15) is 4.79 Å². The van der Waals surface area contributed by atoms with Gasteiger partial charge < -0.3 is 16.1 Å². The van der Waals surface area contributed by atoms with Gasteiger partial charge in [0.1, 0.15) is 6.04 Å². The van der Waals surface area contributed by atoms with E-state index < -0.39 is 0 Å². The molecule has 0 aromatic heterocycles. The second-order valence-electron chi connectivity index (χ2n) is 2.23. The van der Waals surface area contributed by atoms with Gasteiger partial charge >= 0.3 is 0 Å². The van der Waals surface area contributed by atoms with E-state index in [2.05, 4.69) is 16.1 Å². The van der Waals surface area contributed by atoms with E-state index in [4.69, 9.17) is 18.1 Å². The summed E-state index contributed by atoms with van der Waals surface area (Å²) < 4.78 is 0. The largest absolute Gasteiger partial charge is 0.355 e. The molecule has 0 radical (unpaired) electrons. The third-order valence-electron chi connectivity index (χ3n) is 1.22. The number of carbonyl (C=O) groups is 1. The predicted octanol–water partition coefficient (Wildman–Crippen LogP) is -1.15. The van der Waals surface area contributed by atoms with Gasteiger partial charge in [0.05, 0.1) is 0 Å². The van der Waals surface area contributed by atoms with Crippen LogP contribution in [0.3, 0.4) is 0 Å². The average molecular weight is 190 g/mol. The van der Waals surface area contributed by atoms with Gasteiger partial charge in [0.2, 0.25) is 5.91 Å². The highest BCUT2D eigenvalue weighted by Gasteiger charge is 2.11. The minimum atomic E-state index is -0.367. The number of hydrogen-bond acceptors (Lipinski definition) is 3. The van der Waals surface area contributed by atoms with Gasteiger partial charge in [-0.15, -0.1) is 0 Å². The smallest absolute Gasteiger partial charge is 0.242 e. The Morgan fingerprint density at radius 1 is 1.67 bits per heavy atom. The van der Waals surface area contributed by atoms with Crippen LogP contribution in [0, 0.1) is 0 Å². The van der Waals surface area contributed by atoms with Crippen molar-refractivity contribution in [2.75, 3.05) is 6.54 Å². The topological polar surface area (TPSA) is 79.2 Å². The van der Waals surface area contributed by atoms with Gasteiger partial charge in [-0.3, -0.25) is 4.79 Å². The van der Waals surface area contributed by atoms with Crippen LogP contribution < -0.4 is 21.9 Å². The molecule has 0 bridgehead atoms. The first-order chi connectivity index (χ1) is 5.61. The van der Waals surface area contributed by atoms with E-state index in [1.165, 1.54) is 0 Å². The zero-order valence-electron chi connectivity index (χ0n) is 7.18. The van der Waals surface area contributed by atoms with Crippen molar-refractivity contribution in [2.24, 2.45) is 5.84 Å². The van der Waals surface area contributed by atoms with Crippen LogP contribution in [-0.4, -0.2) is 23.6 Å². The van der Waals surface area contributed by atoms with Crippen LogP contribution in [0.4, 0.5) is 0 Å². The zero-order valence-corrected chi connectivity index (χ0v) is 7.99. The standard InChI is InChI=1S/C6H14N4OS/c1-3-8-5(11)4(2)9-6(12)10-7/h4H,3,7H2,1-2H3,(H,8,11)(H2,9,10,12). The molecular formula is C6H14N4OS. The van der Waals surface area contributed by atoms with E-state index in [1.807, 2.05) is 6.92 Å². The Labute approximate surface area is 77.0 Å². The Hall–Kier alpha value is -0.880. The number of nitrogens with two attached hydrogens (primary N) is 1. The number of rotatable bonds is 3. The molecule has 1 atom stereocenters. The van der Waals surface area contributed by atoms with E-state index >= 15 is 0 Å². The summed E-state index contributed by atoms with van der Waals surface area (Å²) in [7, 11) is 0. The lowest BCUT2D eigenvalue weighted by molar-refractivity contribution is -0.122. The molecule has 0 spiro atoms. The molecule has 0 rings (SSSR count). The van der Waals surface area contributed by atoms with Crippen LogP contribution in [0.15, 0.2) is 0 Å². The lowest BCUT2D eigenvalue weighted by Gasteiger charge is -2.14. The second kappa shape index (κ2) is 5.73. The van der Waals surface area contributed by atoms with Crippen LogP contribution in [0.2, 0.25) is 0 Å². The summed E-state index contributed by atoms with van der Waals surface area (Å²) in [6.07, 6.45) is 0. The van der Waals surface area contributed by atoms with Gasteiger partial charge in [-0.1, -0.05) is 0 Å². The van der Waals surface area contributed by atoms with Crippen molar-refractivity contribution in [2.45, 2.75) is 19.9 Å². The zero-order chi connectivity index (χ0) is 9.56. The summed E-state index contributed by atoms with van der Waals surface area (Å²) >= 11 is 4.71. The van der Waals surface area contributed by atoms with Crippen molar-refractivity contribution in [1.29, 1.82) is 0 Å². The molecule has 0 aromatic carbocycles. The first-order valence-electron chi connectivity index (χ1n) is 3.66. The van der Waals surface area contributed by atoms with Crippen LogP contribution in [0.1, 0.15) is 13.8 Å². The summed E-state index contributed by atoms with van der Waals surface area (Å²) in [5.74, 6) is 4.91. The molecule has 1 unspecified atom stereocenters. The maximum absolute atomic E-state index is 11.1. The van der Waals surface area contributed by atoms with Crippen molar-refractivity contribution < 1.29 is 4.79 Å². The number of carbonyl (C=O) groups excluding carboxylic acids is 1. The molecule has 0 aromatic rings. The van der Waals surface area contributed by atoms with Crippen molar-refractivity contribution in [3.05, 3.63) is 0 Å². The molecule has 0 saturated carbocycles. The Morgan fingerprint density at radius 3 is 2.67 bits per heavy atom. The Morgan fingerprint density at radius 2 is 2.25 bits per heavy atom. The number of likely N-dealkylation sites (N-methyl/N-ethyl adjacent to an activating group) is 1. The molecular weight excluding hydrogens is 176 g/mol. The summed E-state index contributed by atoms with van der Waals surface area (Å²) in [6, 6.07) is -0.367. The van der Waals surface area contributed by atoms with Gasteiger partial charge in [-0.25, -0.2) is 5.84 Å². The van der Waals surface area contributed by atoms with Gasteiger partial charge in [0, 0.05) is 6.54 Å². The molecule has 0 aliphatic carbocycles. The number of thiocarbonyl (C=S) groups is 1. The summed E-state index contributed by atoms with van der Waals surface area (Å²) in [6.45, 7) is 4.16. The number of amides is 1. The van der Waals surface area contributed by atoms with Gasteiger partial charge in [-0.05, 0) is 26.1 Å². The lowest BCUT2D eigenvalue weighted by Crippen LogP contribution is -2.49. The molecule has 5 N–H and O–H groups in total. The SMILES string of the molecule is CCNC(=O)C(C)NC(=S)NN. The van der Waals surface area contributed by atoms with Crippen molar-refractivity contribution >= 4 is 23.2 Å². The van der Waals surface area contributed by atoms with Gasteiger partial charge in [0.25, 0.3) is 0 Å². The highest BCUT2D eigenvalue weighted by Crippen LogP contribution is 1.80. The normalized spacial score (nSPS) is 11.6. The number of nitrogens with one attached hydrogen (secondary N) is 3. The third-order valence-corrected chi connectivity index (χ3v) is 1.46. The van der Waals surface area contributed by atoms with Crippen LogP contribution in [0.5, 0.6) is 0 Å². The van der Waals surface area contributed by atoms with Crippen LogP contribution >= 0.6 is 12.2 Å². The second-order valence-corrected chi connectivity index (χ2v) is 2.64. The van der Waals surface area contributed by atoms with Crippen molar-refractivity contribution in [1.82, 2.24) is 16.1 Å². The molecule has 0 fully saturated rings. The number of hydrazine groups is 1. The molecule has 6 heteroatoms. The van der Waals surface area contributed by atoms with Gasteiger partial charge in [-0.2, -0.15) is 0 Å². The minimum Gasteiger partial charge on any atom is -0.355 e. The van der Waals surface area contributed by atoms with Gasteiger partial charge in [0.15, 0.2) is 5.11 Å². The minimum absolute atomic E-state index is 0.102. The predicted molar refractivity (Wildman–Crippen MR) is 51.2 cm³/mol. The lowest BCUT2D eigenvalue weighted by atomic mass is 10.3. The Kier molecular flexibility index (Phi) is 5.31. The average Bonchev–Trinajstić information content (AvgIpc) is 2.04. The highest BCUT2D eigenvalue weighted by atomic mass is 32.1. The van der Waals surface area contributed by atoms with Crippen LogP contribution in [0.25, 0.3) is 0 Å². The monoisotopic (exact) mass is 190 g/mol. The highest BCUT2D eigenvalue weighted by molar-refractivity contribution is 7.80. The van der Waals surface area contributed by atoms with Crippen molar-refractivity contribution in [3.8, 4) is 0 Å². The van der Waals surface area contributed by atoms with Crippen molar-refractivity contribution in [3.63, 3.8) is 0 Å². The molecule has 0 saturated heterocycles. The Bertz CT molecular complexity index is 173. The molecule has 0 aliphatic rings. The fourth-order valence-corrected chi connectivity index (χ4v) is 0.808. The first kappa shape index (κ1) is 11.1.